The number of aryl methyl sites for hydroxylation is 1. The van der Waals surface area contributed by atoms with E-state index in [2.05, 4.69) is 26.9 Å². The van der Waals surface area contributed by atoms with Crippen molar-refractivity contribution in [2.75, 3.05) is 0 Å². The number of thiazole rings is 1. The van der Waals surface area contributed by atoms with Crippen LogP contribution in [0.4, 0.5) is 0 Å². The Morgan fingerprint density at radius 1 is 1.28 bits per heavy atom. The van der Waals surface area contributed by atoms with Crippen LogP contribution in [0.2, 0.25) is 0 Å². The van der Waals surface area contributed by atoms with Crippen LogP contribution in [0.15, 0.2) is 28.6 Å². The molecule has 0 bridgehead atoms. The van der Waals surface area contributed by atoms with Gasteiger partial charge >= 0.3 is 0 Å². The average molecular weight is 311 g/mol. The van der Waals surface area contributed by atoms with Gasteiger partial charge in [0.25, 0.3) is 0 Å². The molecule has 3 nitrogen and oxygen atoms in total. The highest BCUT2D eigenvalue weighted by molar-refractivity contribution is 8.00. The largest absolute Gasteiger partial charge is 0.313 e. The zero-order chi connectivity index (χ0) is 12.5. The number of rotatable bonds is 3. The van der Waals surface area contributed by atoms with Crippen molar-refractivity contribution in [2.45, 2.75) is 17.1 Å². The number of fused-ring (bicyclic) bond motifs is 1. The van der Waals surface area contributed by atoms with Crippen LogP contribution in [0.3, 0.4) is 0 Å². The van der Waals surface area contributed by atoms with Crippen molar-refractivity contribution in [1.29, 1.82) is 0 Å². The lowest BCUT2D eigenvalue weighted by Gasteiger charge is -2.01. The quantitative estimate of drug-likeness (QED) is 0.532. The van der Waals surface area contributed by atoms with Gasteiger partial charge in [-0.15, -0.1) is 21.5 Å². The number of para-hydroxylation sites is 1. The summed E-state index contributed by atoms with van der Waals surface area (Å²) in [6, 6.07) is 8.29. The van der Waals surface area contributed by atoms with E-state index in [0.717, 1.165) is 19.2 Å². The summed E-state index contributed by atoms with van der Waals surface area (Å²) in [4.78, 5) is 0. The molecule has 92 valence electrons. The van der Waals surface area contributed by atoms with Crippen molar-refractivity contribution in [2.24, 2.45) is 0 Å². The second kappa shape index (κ2) is 5.08. The summed E-state index contributed by atoms with van der Waals surface area (Å²) in [5.41, 5.74) is 1.20. The predicted molar refractivity (Wildman–Crippen MR) is 81.2 cm³/mol. The maximum Gasteiger partial charge on any atom is 0.176 e. The third-order valence-corrected chi connectivity index (χ3v) is 5.78. The molecule has 0 radical (unpaired) electrons. The molecule has 2 aromatic heterocycles. The molecule has 18 heavy (non-hydrogen) atoms. The van der Waals surface area contributed by atoms with E-state index in [4.69, 9.17) is 12.2 Å². The first-order chi connectivity index (χ1) is 8.74. The number of thioether (sulfide) groups is 1. The number of aromatic nitrogens is 3. The third kappa shape index (κ3) is 2.35. The molecule has 0 fully saturated rings. The highest BCUT2D eigenvalue weighted by Crippen LogP contribution is 2.28. The minimum atomic E-state index is 0.789. The molecule has 0 N–H and O–H groups in total. The van der Waals surface area contributed by atoms with Crippen LogP contribution in [0, 0.1) is 10.9 Å². The van der Waals surface area contributed by atoms with Crippen molar-refractivity contribution in [3.05, 3.63) is 33.2 Å². The minimum absolute atomic E-state index is 0.789. The van der Waals surface area contributed by atoms with Gasteiger partial charge in [0.15, 0.2) is 8.29 Å². The van der Waals surface area contributed by atoms with Crippen LogP contribution in [-0.4, -0.2) is 14.8 Å². The van der Waals surface area contributed by atoms with Gasteiger partial charge in [0.2, 0.25) is 0 Å². The summed E-state index contributed by atoms with van der Waals surface area (Å²) in [6.45, 7) is 1.97. The molecule has 7 heteroatoms. The SMILES string of the molecule is Cc1nnc(SCn2c(=S)sc3ccccc32)s1. The van der Waals surface area contributed by atoms with Gasteiger partial charge in [0, 0.05) is 0 Å². The van der Waals surface area contributed by atoms with Gasteiger partial charge in [-0.3, -0.25) is 0 Å². The van der Waals surface area contributed by atoms with Crippen molar-refractivity contribution >= 4 is 56.9 Å². The Morgan fingerprint density at radius 3 is 2.89 bits per heavy atom. The fraction of sp³-hybridized carbons (Fsp3) is 0.182. The van der Waals surface area contributed by atoms with Crippen LogP contribution < -0.4 is 0 Å². The van der Waals surface area contributed by atoms with Gasteiger partial charge in [0.1, 0.15) is 5.01 Å². The first kappa shape index (κ1) is 12.3. The summed E-state index contributed by atoms with van der Waals surface area (Å²) in [5.74, 6) is 0.789. The minimum Gasteiger partial charge on any atom is -0.313 e. The molecule has 0 unspecified atom stereocenters. The van der Waals surface area contributed by atoms with E-state index in [0.29, 0.717) is 0 Å². The molecule has 0 aliphatic heterocycles. The van der Waals surface area contributed by atoms with Crippen LogP contribution in [0.5, 0.6) is 0 Å². The molecule has 0 aliphatic rings. The van der Waals surface area contributed by atoms with Gasteiger partial charge in [-0.25, -0.2) is 0 Å². The van der Waals surface area contributed by atoms with E-state index >= 15 is 0 Å². The molecule has 0 saturated heterocycles. The summed E-state index contributed by atoms with van der Waals surface area (Å²) in [7, 11) is 0. The Labute approximate surface area is 122 Å². The number of benzene rings is 1. The van der Waals surface area contributed by atoms with Crippen molar-refractivity contribution < 1.29 is 0 Å². The van der Waals surface area contributed by atoms with E-state index in [1.165, 1.54) is 10.2 Å². The highest BCUT2D eigenvalue weighted by atomic mass is 32.2. The standard InChI is InChI=1S/C11H9N3S4/c1-7-12-13-10(17-7)16-6-14-8-4-2-3-5-9(8)18-11(14)15/h2-5H,6H2,1H3. The average Bonchev–Trinajstić information content (AvgIpc) is 2.90. The lowest BCUT2D eigenvalue weighted by molar-refractivity contribution is 0.926. The lowest BCUT2D eigenvalue weighted by Crippen LogP contribution is -1.93. The molecule has 0 saturated carbocycles. The van der Waals surface area contributed by atoms with Gasteiger partial charge in [-0.1, -0.05) is 35.2 Å². The molecule has 2 heterocycles. The molecule has 3 aromatic rings. The maximum atomic E-state index is 5.41. The van der Waals surface area contributed by atoms with Crippen LogP contribution in [-0.2, 0) is 5.88 Å². The summed E-state index contributed by atoms with van der Waals surface area (Å²) in [5, 5.41) is 9.13. The predicted octanol–water partition coefficient (Wildman–Crippen LogP) is 4.34. The molecular formula is C11H9N3S4. The summed E-state index contributed by atoms with van der Waals surface area (Å²) >= 11 is 10.4. The van der Waals surface area contributed by atoms with E-state index < -0.39 is 0 Å². The molecular weight excluding hydrogens is 302 g/mol. The van der Waals surface area contributed by atoms with Crippen LogP contribution in [0.25, 0.3) is 10.2 Å². The summed E-state index contributed by atoms with van der Waals surface area (Å²) < 4.78 is 5.28. The first-order valence-electron chi connectivity index (χ1n) is 5.25. The topological polar surface area (TPSA) is 30.7 Å². The Balaban J connectivity index is 1.90. The van der Waals surface area contributed by atoms with E-state index in [1.54, 1.807) is 34.4 Å². The second-order valence-corrected chi connectivity index (χ2v) is 7.67. The monoisotopic (exact) mass is 311 g/mol. The molecule has 0 atom stereocenters. The van der Waals surface area contributed by atoms with Gasteiger partial charge in [-0.05, 0) is 31.3 Å². The van der Waals surface area contributed by atoms with Gasteiger partial charge < -0.3 is 4.57 Å². The number of nitrogens with zero attached hydrogens (tertiary/aromatic N) is 3. The van der Waals surface area contributed by atoms with Crippen LogP contribution in [0.1, 0.15) is 5.01 Å². The van der Waals surface area contributed by atoms with Gasteiger partial charge in [-0.2, -0.15) is 0 Å². The Hall–Kier alpha value is -0.760. The Morgan fingerprint density at radius 2 is 2.11 bits per heavy atom. The van der Waals surface area contributed by atoms with Crippen LogP contribution >= 0.6 is 46.7 Å². The van der Waals surface area contributed by atoms with E-state index in [-0.39, 0.29) is 0 Å². The van der Waals surface area contributed by atoms with Gasteiger partial charge in [0.05, 0.1) is 16.1 Å². The maximum absolute atomic E-state index is 5.41. The van der Waals surface area contributed by atoms with Crippen molar-refractivity contribution in [3.8, 4) is 0 Å². The zero-order valence-corrected chi connectivity index (χ0v) is 12.8. The summed E-state index contributed by atoms with van der Waals surface area (Å²) in [6.07, 6.45) is 0. The first-order valence-corrected chi connectivity index (χ1v) is 8.28. The molecule has 0 aliphatic carbocycles. The molecule has 0 spiro atoms. The Kier molecular flexibility index (Phi) is 3.47. The second-order valence-electron chi connectivity index (χ2n) is 3.62. The smallest absolute Gasteiger partial charge is 0.176 e. The van der Waals surface area contributed by atoms with E-state index in [9.17, 15) is 0 Å². The fourth-order valence-corrected chi connectivity index (χ4v) is 4.86. The normalized spacial score (nSPS) is 11.2. The van der Waals surface area contributed by atoms with E-state index in [1.807, 2.05) is 19.1 Å². The number of hydrogen-bond acceptors (Lipinski definition) is 6. The van der Waals surface area contributed by atoms with Crippen molar-refractivity contribution in [1.82, 2.24) is 14.8 Å². The third-order valence-electron chi connectivity index (χ3n) is 2.40. The highest BCUT2D eigenvalue weighted by Gasteiger charge is 2.06. The molecule has 3 rings (SSSR count). The van der Waals surface area contributed by atoms with Crippen molar-refractivity contribution in [3.63, 3.8) is 0 Å². The molecule has 0 amide bonds. The Bertz CT molecular complexity index is 740. The fourth-order valence-electron chi connectivity index (χ4n) is 1.59. The zero-order valence-electron chi connectivity index (χ0n) is 9.49. The number of hydrogen-bond donors (Lipinski definition) is 0. The lowest BCUT2D eigenvalue weighted by atomic mass is 10.3. The molecule has 1 aromatic carbocycles.